The molecular formula is C53H34N2S2. The van der Waals surface area contributed by atoms with Crippen molar-refractivity contribution >= 4 is 80.9 Å². The Kier molecular flexibility index (Phi) is 8.24. The summed E-state index contributed by atoms with van der Waals surface area (Å²) in [6.45, 7) is 0. The topological polar surface area (TPSA) is 16.1 Å². The van der Waals surface area contributed by atoms with Crippen LogP contribution in [-0.2, 0) is 0 Å². The van der Waals surface area contributed by atoms with Crippen LogP contribution < -0.4 is 4.90 Å². The van der Waals surface area contributed by atoms with Gasteiger partial charge in [0.1, 0.15) is 5.01 Å². The molecule has 0 saturated carbocycles. The Morgan fingerprint density at radius 2 is 0.877 bits per heavy atom. The molecule has 0 spiro atoms. The van der Waals surface area contributed by atoms with E-state index in [0.29, 0.717) is 0 Å². The van der Waals surface area contributed by atoms with E-state index in [1.807, 2.05) is 11.3 Å². The Labute approximate surface area is 339 Å². The Morgan fingerprint density at radius 3 is 1.58 bits per heavy atom. The number of rotatable bonds is 7. The third-order valence-corrected chi connectivity index (χ3v) is 13.2. The largest absolute Gasteiger partial charge is 0.311 e. The minimum atomic E-state index is 1.06. The second-order valence-corrected chi connectivity index (χ2v) is 16.4. The number of hydrogen-bond acceptors (Lipinski definition) is 4. The van der Waals surface area contributed by atoms with Crippen molar-refractivity contribution in [2.75, 3.05) is 4.90 Å². The maximum atomic E-state index is 5.05. The van der Waals surface area contributed by atoms with E-state index in [4.69, 9.17) is 4.98 Å². The molecule has 0 atom stereocenters. The molecule has 0 fully saturated rings. The van der Waals surface area contributed by atoms with Crippen LogP contribution in [0.3, 0.4) is 0 Å². The second kappa shape index (κ2) is 14.0. The van der Waals surface area contributed by atoms with Gasteiger partial charge in [0.05, 0.1) is 10.2 Å². The van der Waals surface area contributed by atoms with Gasteiger partial charge in [-0.2, -0.15) is 0 Å². The molecule has 4 heteroatoms. The van der Waals surface area contributed by atoms with Crippen LogP contribution in [0.4, 0.5) is 17.1 Å². The van der Waals surface area contributed by atoms with Crippen LogP contribution >= 0.6 is 22.7 Å². The number of nitrogens with zero attached hydrogens (tertiary/aromatic N) is 2. The molecule has 0 bridgehead atoms. The Morgan fingerprint density at radius 1 is 0.351 bits per heavy atom. The van der Waals surface area contributed by atoms with E-state index >= 15 is 0 Å². The van der Waals surface area contributed by atoms with Crippen molar-refractivity contribution in [2.24, 2.45) is 0 Å². The smallest absolute Gasteiger partial charge is 0.124 e. The monoisotopic (exact) mass is 762 g/mol. The fraction of sp³-hybridized carbons (Fsp3) is 0. The zero-order valence-corrected chi connectivity index (χ0v) is 32.5. The summed E-state index contributed by atoms with van der Waals surface area (Å²) >= 11 is 3.64. The lowest BCUT2D eigenvalue weighted by Gasteiger charge is -2.26. The van der Waals surface area contributed by atoms with Gasteiger partial charge in [-0.05, 0) is 92.7 Å². The molecule has 0 unspecified atom stereocenters. The van der Waals surface area contributed by atoms with Crippen LogP contribution in [0.15, 0.2) is 206 Å². The summed E-state index contributed by atoms with van der Waals surface area (Å²) in [5, 5.41) is 6.12. The van der Waals surface area contributed by atoms with E-state index in [1.165, 1.54) is 74.6 Å². The van der Waals surface area contributed by atoms with E-state index in [9.17, 15) is 0 Å². The van der Waals surface area contributed by atoms with E-state index < -0.39 is 0 Å². The minimum absolute atomic E-state index is 1.06. The molecule has 2 nitrogen and oxygen atoms in total. The Bertz CT molecular complexity index is 3200. The first-order valence-electron chi connectivity index (χ1n) is 19.2. The first-order chi connectivity index (χ1) is 28.2. The van der Waals surface area contributed by atoms with Crippen molar-refractivity contribution in [3.63, 3.8) is 0 Å². The normalized spacial score (nSPS) is 11.5. The maximum Gasteiger partial charge on any atom is 0.124 e. The molecule has 268 valence electrons. The molecule has 0 aliphatic carbocycles. The van der Waals surface area contributed by atoms with Gasteiger partial charge < -0.3 is 4.90 Å². The summed E-state index contributed by atoms with van der Waals surface area (Å²) in [6.07, 6.45) is 0. The molecule has 0 N–H and O–H groups in total. The summed E-state index contributed by atoms with van der Waals surface area (Å²) in [7, 11) is 0. The van der Waals surface area contributed by atoms with Crippen LogP contribution in [0.2, 0.25) is 0 Å². The van der Waals surface area contributed by atoms with Gasteiger partial charge in [0.2, 0.25) is 0 Å². The van der Waals surface area contributed by atoms with Crippen molar-refractivity contribution < 1.29 is 0 Å². The van der Waals surface area contributed by atoms with Gasteiger partial charge in [-0.1, -0.05) is 158 Å². The van der Waals surface area contributed by atoms with Crippen molar-refractivity contribution in [1.82, 2.24) is 4.98 Å². The fourth-order valence-electron chi connectivity index (χ4n) is 8.09. The molecule has 0 aliphatic heterocycles. The van der Waals surface area contributed by atoms with Crippen LogP contribution in [0.5, 0.6) is 0 Å². The summed E-state index contributed by atoms with van der Waals surface area (Å²) < 4.78 is 3.82. The molecule has 11 aromatic rings. The Hall–Kier alpha value is -6.85. The molecule has 0 radical (unpaired) electrons. The number of thiazole rings is 1. The third kappa shape index (κ3) is 6.07. The van der Waals surface area contributed by atoms with Crippen molar-refractivity contribution in [3.05, 3.63) is 206 Å². The SMILES string of the molecule is c1ccc(-c2ccc(N(c3ccc(-c4cccc5ccccc45)cc3)c3ccc(-c4cccc5c4sc4cc6sc(-c7ccccc7)nc6cc45)cc3)cc2)cc1. The molecule has 0 aliphatic rings. The lowest BCUT2D eigenvalue weighted by Crippen LogP contribution is -2.09. The van der Waals surface area contributed by atoms with E-state index in [1.54, 1.807) is 11.3 Å². The average molecular weight is 763 g/mol. The number of hydrogen-bond donors (Lipinski definition) is 0. The third-order valence-electron chi connectivity index (χ3n) is 10.9. The quantitative estimate of drug-likeness (QED) is 0.161. The molecular weight excluding hydrogens is 729 g/mol. The van der Waals surface area contributed by atoms with Crippen LogP contribution in [0.25, 0.3) is 85.1 Å². The first-order valence-corrected chi connectivity index (χ1v) is 20.8. The van der Waals surface area contributed by atoms with Crippen molar-refractivity contribution in [1.29, 1.82) is 0 Å². The van der Waals surface area contributed by atoms with E-state index in [2.05, 4.69) is 211 Å². The second-order valence-electron chi connectivity index (χ2n) is 14.4. The zero-order valence-electron chi connectivity index (χ0n) is 30.8. The molecule has 2 aromatic heterocycles. The summed E-state index contributed by atoms with van der Waals surface area (Å²) in [5.74, 6) is 0. The lowest BCUT2D eigenvalue weighted by molar-refractivity contribution is 1.28. The summed E-state index contributed by atoms with van der Waals surface area (Å²) in [6, 6.07) is 74.5. The van der Waals surface area contributed by atoms with Gasteiger partial charge >= 0.3 is 0 Å². The van der Waals surface area contributed by atoms with Crippen LogP contribution in [0.1, 0.15) is 0 Å². The zero-order chi connectivity index (χ0) is 37.7. The van der Waals surface area contributed by atoms with Gasteiger partial charge in [-0.15, -0.1) is 22.7 Å². The van der Waals surface area contributed by atoms with Gasteiger partial charge in [0.15, 0.2) is 0 Å². The van der Waals surface area contributed by atoms with Crippen LogP contribution in [-0.4, -0.2) is 4.98 Å². The van der Waals surface area contributed by atoms with Crippen molar-refractivity contribution in [2.45, 2.75) is 0 Å². The van der Waals surface area contributed by atoms with Gasteiger partial charge in [0.25, 0.3) is 0 Å². The molecule has 11 rings (SSSR count). The van der Waals surface area contributed by atoms with Gasteiger partial charge in [0, 0.05) is 42.8 Å². The highest BCUT2D eigenvalue weighted by Crippen LogP contribution is 2.44. The Balaban J connectivity index is 0.970. The molecule has 0 amide bonds. The molecule has 2 heterocycles. The standard InChI is InChI=1S/C53H34N2S2/c1-3-11-35(12-4-1)36-21-27-41(28-22-36)55(42-29-23-38(24-30-42)45-18-9-16-37-13-7-8-17-44(37)45)43-31-25-39(26-32-43)46-19-10-20-47-48-33-49-51(34-50(48)56-52(46)47)57-53(54-49)40-14-5-2-6-15-40/h1-34H. The molecule has 9 aromatic carbocycles. The number of anilines is 3. The number of thiophene rings is 1. The first kappa shape index (κ1) is 33.5. The highest BCUT2D eigenvalue weighted by atomic mass is 32.1. The lowest BCUT2D eigenvalue weighted by atomic mass is 9.98. The van der Waals surface area contributed by atoms with E-state index in [0.717, 1.165) is 27.6 Å². The predicted octanol–water partition coefficient (Wildman–Crippen LogP) is 16.0. The predicted molar refractivity (Wildman–Crippen MR) is 246 cm³/mol. The van der Waals surface area contributed by atoms with Gasteiger partial charge in [-0.3, -0.25) is 0 Å². The number of benzene rings is 9. The van der Waals surface area contributed by atoms with Crippen molar-refractivity contribution in [3.8, 4) is 44.0 Å². The highest BCUT2D eigenvalue weighted by molar-refractivity contribution is 7.27. The number of fused-ring (bicyclic) bond motifs is 5. The highest BCUT2D eigenvalue weighted by Gasteiger charge is 2.17. The van der Waals surface area contributed by atoms with Crippen LogP contribution in [0, 0.1) is 0 Å². The fourth-order valence-corrected chi connectivity index (χ4v) is 10.4. The number of aromatic nitrogens is 1. The minimum Gasteiger partial charge on any atom is -0.311 e. The summed E-state index contributed by atoms with van der Waals surface area (Å²) in [4.78, 5) is 7.40. The van der Waals surface area contributed by atoms with E-state index in [-0.39, 0.29) is 0 Å². The average Bonchev–Trinajstić information content (AvgIpc) is 3.87. The maximum absolute atomic E-state index is 5.05. The molecule has 57 heavy (non-hydrogen) atoms. The van der Waals surface area contributed by atoms with Gasteiger partial charge in [-0.25, -0.2) is 4.98 Å². The molecule has 0 saturated heterocycles. The summed E-state index contributed by atoms with van der Waals surface area (Å²) in [5.41, 5.74) is 12.8.